The molecule has 2 aliphatic rings. The van der Waals surface area contributed by atoms with E-state index in [9.17, 15) is 14.7 Å². The summed E-state index contributed by atoms with van der Waals surface area (Å²) in [4.78, 5) is 32.7. The number of aliphatic hydroxyl groups excluding tert-OH is 1. The predicted octanol–water partition coefficient (Wildman–Crippen LogP) is 2.47. The molecule has 166 valence electrons. The Bertz CT molecular complexity index is 1330. The summed E-state index contributed by atoms with van der Waals surface area (Å²) in [6.45, 7) is 3.72. The molecule has 1 saturated heterocycles. The summed E-state index contributed by atoms with van der Waals surface area (Å²) in [6.07, 6.45) is 0.880. The van der Waals surface area contributed by atoms with Gasteiger partial charge in [-0.05, 0) is 42.3 Å². The van der Waals surface area contributed by atoms with Crippen LogP contribution in [0.1, 0.15) is 38.7 Å². The maximum Gasteiger partial charge on any atom is 0.338 e. The number of carbonyl (C=O) groups excluding carboxylic acids is 2. The molecule has 0 bridgehead atoms. The van der Waals surface area contributed by atoms with Crippen LogP contribution in [-0.2, 0) is 16.1 Å². The lowest BCUT2D eigenvalue weighted by Gasteiger charge is -2.35. The summed E-state index contributed by atoms with van der Waals surface area (Å²) in [6, 6.07) is 12.8. The average molecular weight is 442 g/mol. The van der Waals surface area contributed by atoms with Crippen molar-refractivity contribution in [2.45, 2.75) is 19.6 Å². The second-order valence-electron chi connectivity index (χ2n) is 8.39. The van der Waals surface area contributed by atoms with Gasteiger partial charge < -0.3 is 14.7 Å². The van der Waals surface area contributed by atoms with Gasteiger partial charge in [-0.2, -0.15) is 5.26 Å². The number of β-amino-alcohol motifs (C(OH)–C–C–N with tert-alkyl or cyclic N) is 1. The maximum absolute atomic E-state index is 12.9. The molecule has 8 nitrogen and oxygen atoms in total. The van der Waals surface area contributed by atoms with E-state index in [-0.39, 0.29) is 25.0 Å². The zero-order valence-electron chi connectivity index (χ0n) is 18.1. The monoisotopic (exact) mass is 442 g/mol. The van der Waals surface area contributed by atoms with Gasteiger partial charge in [0, 0.05) is 30.6 Å². The van der Waals surface area contributed by atoms with E-state index < -0.39 is 6.10 Å². The fourth-order valence-corrected chi connectivity index (χ4v) is 4.55. The molecule has 3 heterocycles. The minimum atomic E-state index is -0.776. The first-order chi connectivity index (χ1) is 15.9. The SMILES string of the molecule is Cc1c(C(O)CN2CCN(c3cnc4cc(C#N)ccc4c3)C(=O)C2)ccc2c1COC2=O. The van der Waals surface area contributed by atoms with Gasteiger partial charge in [0.25, 0.3) is 0 Å². The van der Waals surface area contributed by atoms with E-state index in [1.165, 1.54) is 0 Å². The van der Waals surface area contributed by atoms with Crippen molar-refractivity contribution in [1.82, 2.24) is 9.88 Å². The summed E-state index contributed by atoms with van der Waals surface area (Å²) in [5.74, 6) is -0.391. The number of cyclic esters (lactones) is 1. The fourth-order valence-electron chi connectivity index (χ4n) is 4.55. The Hall–Kier alpha value is -3.80. The molecule has 0 aliphatic carbocycles. The molecule has 1 fully saturated rings. The van der Waals surface area contributed by atoms with Crippen LogP contribution in [-0.4, -0.2) is 53.0 Å². The number of aliphatic hydroxyl groups is 1. The molecule has 33 heavy (non-hydrogen) atoms. The van der Waals surface area contributed by atoms with Crippen LogP contribution in [0.2, 0.25) is 0 Å². The number of ether oxygens (including phenoxy) is 1. The summed E-state index contributed by atoms with van der Waals surface area (Å²) >= 11 is 0. The first-order valence-electron chi connectivity index (χ1n) is 10.7. The van der Waals surface area contributed by atoms with Gasteiger partial charge in [0.15, 0.2) is 0 Å². The van der Waals surface area contributed by atoms with E-state index in [1.54, 1.807) is 35.4 Å². The number of nitriles is 1. The number of aromatic nitrogens is 1. The number of carbonyl (C=O) groups is 2. The number of hydrogen-bond acceptors (Lipinski definition) is 7. The van der Waals surface area contributed by atoms with E-state index in [1.807, 2.05) is 24.0 Å². The number of anilines is 1. The highest BCUT2D eigenvalue weighted by Gasteiger charge is 2.29. The molecule has 2 aromatic carbocycles. The number of benzene rings is 2. The lowest BCUT2D eigenvalue weighted by Crippen LogP contribution is -2.51. The number of nitrogens with zero attached hydrogens (tertiary/aromatic N) is 4. The second kappa shape index (κ2) is 8.28. The van der Waals surface area contributed by atoms with E-state index in [0.717, 1.165) is 27.8 Å². The maximum atomic E-state index is 12.9. The van der Waals surface area contributed by atoms with Crippen LogP contribution in [0.5, 0.6) is 0 Å². The lowest BCUT2D eigenvalue weighted by atomic mass is 9.95. The van der Waals surface area contributed by atoms with Crippen LogP contribution < -0.4 is 4.90 Å². The Morgan fingerprint density at radius 1 is 1.21 bits per heavy atom. The van der Waals surface area contributed by atoms with Crippen molar-refractivity contribution < 1.29 is 19.4 Å². The van der Waals surface area contributed by atoms with E-state index in [0.29, 0.717) is 36.3 Å². The molecule has 1 aromatic heterocycles. The second-order valence-corrected chi connectivity index (χ2v) is 8.39. The molecule has 1 amide bonds. The van der Waals surface area contributed by atoms with Gasteiger partial charge in [-0.25, -0.2) is 4.79 Å². The summed E-state index contributed by atoms with van der Waals surface area (Å²) < 4.78 is 5.09. The molecule has 0 spiro atoms. The van der Waals surface area contributed by atoms with Gasteiger partial charge in [-0.3, -0.25) is 14.7 Å². The normalized spacial score (nSPS) is 17.1. The third-order valence-corrected chi connectivity index (χ3v) is 6.41. The van der Waals surface area contributed by atoms with Gasteiger partial charge in [-0.1, -0.05) is 12.1 Å². The third kappa shape index (κ3) is 3.82. The minimum absolute atomic E-state index is 0.0621. The summed E-state index contributed by atoms with van der Waals surface area (Å²) in [5, 5.41) is 20.8. The van der Waals surface area contributed by atoms with Crippen molar-refractivity contribution in [3.8, 4) is 6.07 Å². The Balaban J connectivity index is 1.27. The number of hydrogen-bond donors (Lipinski definition) is 1. The van der Waals surface area contributed by atoms with Crippen LogP contribution in [0.15, 0.2) is 42.6 Å². The van der Waals surface area contributed by atoms with Crippen LogP contribution in [0.4, 0.5) is 5.69 Å². The first-order valence-corrected chi connectivity index (χ1v) is 10.7. The van der Waals surface area contributed by atoms with Crippen LogP contribution in [0.25, 0.3) is 10.9 Å². The Kier molecular flexibility index (Phi) is 5.29. The smallest absolute Gasteiger partial charge is 0.338 e. The zero-order chi connectivity index (χ0) is 23.1. The van der Waals surface area contributed by atoms with Crippen molar-refractivity contribution in [3.05, 3.63) is 70.4 Å². The van der Waals surface area contributed by atoms with E-state index in [2.05, 4.69) is 11.1 Å². The fraction of sp³-hybridized carbons (Fsp3) is 0.280. The molecule has 0 radical (unpaired) electrons. The average Bonchev–Trinajstić information content (AvgIpc) is 3.20. The van der Waals surface area contributed by atoms with E-state index in [4.69, 9.17) is 10.00 Å². The molecule has 5 rings (SSSR count). The van der Waals surface area contributed by atoms with Crippen LogP contribution in [0.3, 0.4) is 0 Å². The molecule has 1 atom stereocenters. The topological polar surface area (TPSA) is 107 Å². The van der Waals surface area contributed by atoms with Crippen LogP contribution >= 0.6 is 0 Å². The number of esters is 1. The largest absolute Gasteiger partial charge is 0.457 e. The number of pyridine rings is 1. The molecule has 1 N–H and O–H groups in total. The van der Waals surface area contributed by atoms with E-state index >= 15 is 0 Å². The van der Waals surface area contributed by atoms with Gasteiger partial charge in [0.05, 0.1) is 47.2 Å². The molecule has 3 aromatic rings. The van der Waals surface area contributed by atoms with Gasteiger partial charge >= 0.3 is 5.97 Å². The highest BCUT2D eigenvalue weighted by atomic mass is 16.5. The van der Waals surface area contributed by atoms with Crippen molar-refractivity contribution in [2.24, 2.45) is 0 Å². The standard InChI is InChI=1S/C25H22N4O4/c1-15-19(4-5-20-21(15)14-33-25(20)32)23(30)12-28-6-7-29(24(31)13-28)18-9-17-3-2-16(10-26)8-22(17)27-11-18/h2-5,8-9,11,23,30H,6-7,12-14H2,1H3. The number of amides is 1. The van der Waals surface area contributed by atoms with Gasteiger partial charge in [0.2, 0.25) is 5.91 Å². The Labute approximate surface area is 190 Å². The van der Waals surface area contributed by atoms with Crippen molar-refractivity contribution in [1.29, 1.82) is 5.26 Å². The molecular formula is C25H22N4O4. The van der Waals surface area contributed by atoms with Crippen LogP contribution in [0, 0.1) is 18.3 Å². The molecular weight excluding hydrogens is 420 g/mol. The molecule has 8 heteroatoms. The Morgan fingerprint density at radius 3 is 2.85 bits per heavy atom. The number of piperazine rings is 1. The molecule has 0 saturated carbocycles. The van der Waals surface area contributed by atoms with Gasteiger partial charge in [-0.15, -0.1) is 0 Å². The highest BCUT2D eigenvalue weighted by Crippen LogP contribution is 2.30. The third-order valence-electron chi connectivity index (χ3n) is 6.41. The van der Waals surface area contributed by atoms with Gasteiger partial charge in [0.1, 0.15) is 6.61 Å². The minimum Gasteiger partial charge on any atom is -0.457 e. The first kappa shape index (κ1) is 21.1. The highest BCUT2D eigenvalue weighted by molar-refractivity contribution is 5.97. The Morgan fingerprint density at radius 2 is 2.06 bits per heavy atom. The quantitative estimate of drug-likeness (QED) is 0.619. The number of rotatable bonds is 4. The lowest BCUT2D eigenvalue weighted by molar-refractivity contribution is -0.121. The predicted molar refractivity (Wildman–Crippen MR) is 121 cm³/mol. The summed E-state index contributed by atoms with van der Waals surface area (Å²) in [7, 11) is 0. The molecule has 2 aliphatic heterocycles. The van der Waals surface area contributed by atoms with Crippen molar-refractivity contribution in [2.75, 3.05) is 31.1 Å². The summed E-state index contributed by atoms with van der Waals surface area (Å²) in [5.41, 5.74) is 4.96. The molecule has 1 unspecified atom stereocenters. The zero-order valence-corrected chi connectivity index (χ0v) is 18.1. The van der Waals surface area contributed by atoms with Crippen molar-refractivity contribution >= 4 is 28.5 Å². The van der Waals surface area contributed by atoms with Crippen molar-refractivity contribution in [3.63, 3.8) is 0 Å². The number of fused-ring (bicyclic) bond motifs is 2.